The van der Waals surface area contributed by atoms with Crippen molar-refractivity contribution in [2.45, 2.75) is 6.92 Å². The van der Waals surface area contributed by atoms with E-state index in [-0.39, 0.29) is 12.3 Å². The second-order valence-corrected chi connectivity index (χ2v) is 4.40. The van der Waals surface area contributed by atoms with Gasteiger partial charge in [-0.15, -0.1) is 0 Å². The number of aromatic hydroxyl groups is 1. The second-order valence-electron chi connectivity index (χ2n) is 4.40. The molecule has 0 heterocycles. The van der Waals surface area contributed by atoms with E-state index in [1.54, 1.807) is 30.3 Å². The molecule has 2 aromatic carbocycles. The number of carbonyl (C=O) groups excluding carboxylic acids is 1. The van der Waals surface area contributed by atoms with Crippen molar-refractivity contribution < 1.29 is 14.6 Å². The Balaban J connectivity index is 1.90. The van der Waals surface area contributed by atoms with Gasteiger partial charge in [-0.2, -0.15) is 0 Å². The average Bonchev–Trinajstić information content (AvgIpc) is 2.41. The Morgan fingerprint density at radius 2 is 1.95 bits per heavy atom. The van der Waals surface area contributed by atoms with Gasteiger partial charge in [-0.25, -0.2) is 4.79 Å². The maximum Gasteiger partial charge on any atom is 0.330 e. The van der Waals surface area contributed by atoms with Crippen LogP contribution in [0.15, 0.2) is 42.5 Å². The van der Waals surface area contributed by atoms with Crippen molar-refractivity contribution >= 4 is 17.3 Å². The minimum atomic E-state index is -0.397. The first-order valence-electron chi connectivity index (χ1n) is 6.14. The molecule has 0 bridgehead atoms. The van der Waals surface area contributed by atoms with Crippen molar-refractivity contribution in [3.8, 4) is 11.5 Å². The van der Waals surface area contributed by atoms with Gasteiger partial charge < -0.3 is 20.9 Å². The van der Waals surface area contributed by atoms with E-state index in [9.17, 15) is 4.79 Å². The van der Waals surface area contributed by atoms with Crippen LogP contribution in [-0.4, -0.2) is 17.6 Å². The van der Waals surface area contributed by atoms with Crippen LogP contribution >= 0.6 is 0 Å². The fourth-order valence-corrected chi connectivity index (χ4v) is 1.70. The fraction of sp³-hybridized carbons (Fsp3) is 0.133. The molecule has 2 rings (SSSR count). The summed E-state index contributed by atoms with van der Waals surface area (Å²) in [7, 11) is 0. The number of nitrogens with two attached hydrogens (primary N) is 1. The van der Waals surface area contributed by atoms with Gasteiger partial charge in [0, 0.05) is 11.4 Å². The normalized spacial score (nSPS) is 10.1. The number of nitrogen functional groups attached to an aromatic ring is 1. The van der Waals surface area contributed by atoms with E-state index >= 15 is 0 Å². The van der Waals surface area contributed by atoms with Crippen molar-refractivity contribution in [2.24, 2.45) is 0 Å². The highest BCUT2D eigenvalue weighted by Crippen LogP contribution is 2.20. The molecule has 0 aliphatic heterocycles. The summed E-state index contributed by atoms with van der Waals surface area (Å²) in [6.07, 6.45) is 0. The number of hydrogen-bond donors (Lipinski definition) is 3. The Morgan fingerprint density at radius 1 is 1.25 bits per heavy atom. The number of rotatable bonds is 4. The average molecular weight is 272 g/mol. The van der Waals surface area contributed by atoms with Crippen LogP contribution in [0.4, 0.5) is 11.4 Å². The van der Waals surface area contributed by atoms with Crippen molar-refractivity contribution in [3.05, 3.63) is 48.0 Å². The highest BCUT2D eigenvalue weighted by Gasteiger charge is 2.07. The lowest BCUT2D eigenvalue weighted by atomic mass is 10.2. The number of anilines is 2. The van der Waals surface area contributed by atoms with Crippen molar-refractivity contribution in [2.75, 3.05) is 17.6 Å². The summed E-state index contributed by atoms with van der Waals surface area (Å²) in [5.41, 5.74) is 7.80. The van der Waals surface area contributed by atoms with Crippen LogP contribution < -0.4 is 15.8 Å². The number of phenolic OH excluding ortho intramolecular Hbond substituents is 1. The summed E-state index contributed by atoms with van der Waals surface area (Å²) in [4.78, 5) is 11.7. The SMILES string of the molecule is Cc1cc(N)ccc1OC(=O)CNc1ccc(O)cc1. The lowest BCUT2D eigenvalue weighted by molar-refractivity contribution is -0.132. The predicted octanol–water partition coefficient (Wildman–Crippen LogP) is 2.30. The molecule has 20 heavy (non-hydrogen) atoms. The van der Waals surface area contributed by atoms with E-state index in [4.69, 9.17) is 15.6 Å². The number of nitrogens with one attached hydrogen (secondary N) is 1. The molecule has 0 fully saturated rings. The molecule has 104 valence electrons. The number of ether oxygens (including phenoxy) is 1. The molecule has 0 saturated carbocycles. The molecule has 5 nitrogen and oxygen atoms in total. The number of phenols is 1. The predicted molar refractivity (Wildman–Crippen MR) is 77.8 cm³/mol. The zero-order valence-electron chi connectivity index (χ0n) is 11.1. The Kier molecular flexibility index (Phi) is 4.10. The second kappa shape index (κ2) is 5.97. The number of carbonyl (C=O) groups is 1. The molecular formula is C15H16N2O3. The van der Waals surface area contributed by atoms with E-state index in [1.165, 1.54) is 12.1 Å². The summed E-state index contributed by atoms with van der Waals surface area (Å²) in [5.74, 6) is 0.276. The molecule has 4 N–H and O–H groups in total. The third-order valence-electron chi connectivity index (χ3n) is 2.73. The van der Waals surface area contributed by atoms with Gasteiger partial charge in [-0.1, -0.05) is 0 Å². The van der Waals surface area contributed by atoms with Gasteiger partial charge in [0.1, 0.15) is 18.0 Å². The molecule has 2 aromatic rings. The van der Waals surface area contributed by atoms with Crippen LogP contribution in [-0.2, 0) is 4.79 Å². The van der Waals surface area contributed by atoms with Gasteiger partial charge >= 0.3 is 5.97 Å². The monoisotopic (exact) mass is 272 g/mol. The Bertz CT molecular complexity index is 609. The largest absolute Gasteiger partial charge is 0.508 e. The van der Waals surface area contributed by atoms with E-state index in [1.807, 2.05) is 6.92 Å². The van der Waals surface area contributed by atoms with E-state index in [0.717, 1.165) is 11.3 Å². The minimum absolute atomic E-state index is 0.0363. The first-order chi connectivity index (χ1) is 9.54. The maximum atomic E-state index is 11.7. The van der Waals surface area contributed by atoms with Crippen LogP contribution in [0, 0.1) is 6.92 Å². The van der Waals surface area contributed by atoms with Crippen LogP contribution in [0.5, 0.6) is 11.5 Å². The van der Waals surface area contributed by atoms with Gasteiger partial charge in [0.25, 0.3) is 0 Å². The van der Waals surface area contributed by atoms with Crippen molar-refractivity contribution in [3.63, 3.8) is 0 Å². The highest BCUT2D eigenvalue weighted by atomic mass is 16.5. The summed E-state index contributed by atoms with van der Waals surface area (Å²) in [5, 5.41) is 12.1. The van der Waals surface area contributed by atoms with Crippen LogP contribution in [0.25, 0.3) is 0 Å². The zero-order valence-corrected chi connectivity index (χ0v) is 11.1. The molecule has 0 aromatic heterocycles. The minimum Gasteiger partial charge on any atom is -0.508 e. The van der Waals surface area contributed by atoms with E-state index in [0.29, 0.717) is 11.4 Å². The lowest BCUT2D eigenvalue weighted by Crippen LogP contribution is -2.19. The summed E-state index contributed by atoms with van der Waals surface area (Å²) in [6, 6.07) is 11.5. The standard InChI is InChI=1S/C15H16N2O3/c1-10-8-11(16)2-7-14(10)20-15(19)9-17-12-3-5-13(18)6-4-12/h2-8,17-18H,9,16H2,1H3. The van der Waals surface area contributed by atoms with Gasteiger partial charge in [0.2, 0.25) is 0 Å². The van der Waals surface area contributed by atoms with Crippen LogP contribution in [0.2, 0.25) is 0 Å². The van der Waals surface area contributed by atoms with Crippen molar-refractivity contribution in [1.29, 1.82) is 0 Å². The smallest absolute Gasteiger partial charge is 0.330 e. The fourth-order valence-electron chi connectivity index (χ4n) is 1.70. The maximum absolute atomic E-state index is 11.7. The van der Waals surface area contributed by atoms with Gasteiger partial charge in [-0.05, 0) is 55.0 Å². The van der Waals surface area contributed by atoms with E-state index < -0.39 is 5.97 Å². The molecular weight excluding hydrogens is 256 g/mol. The molecule has 0 saturated heterocycles. The lowest BCUT2D eigenvalue weighted by Gasteiger charge is -2.09. The highest BCUT2D eigenvalue weighted by molar-refractivity contribution is 5.77. The molecule has 0 unspecified atom stereocenters. The summed E-state index contributed by atoms with van der Waals surface area (Å²) in [6.45, 7) is 1.86. The Morgan fingerprint density at radius 3 is 2.60 bits per heavy atom. The first-order valence-corrected chi connectivity index (χ1v) is 6.14. The van der Waals surface area contributed by atoms with Gasteiger partial charge in [-0.3, -0.25) is 0 Å². The van der Waals surface area contributed by atoms with Gasteiger partial charge in [0.15, 0.2) is 0 Å². The molecule has 0 aliphatic rings. The Labute approximate surface area is 117 Å². The Hall–Kier alpha value is -2.69. The molecule has 0 amide bonds. The molecule has 0 spiro atoms. The topological polar surface area (TPSA) is 84.6 Å². The number of esters is 1. The molecule has 0 aliphatic carbocycles. The quantitative estimate of drug-likeness (QED) is 0.344. The summed E-state index contributed by atoms with van der Waals surface area (Å²) >= 11 is 0. The van der Waals surface area contributed by atoms with E-state index in [2.05, 4.69) is 5.32 Å². The molecule has 0 radical (unpaired) electrons. The number of aryl methyl sites for hydroxylation is 1. The van der Waals surface area contributed by atoms with Crippen LogP contribution in [0.3, 0.4) is 0 Å². The third-order valence-corrected chi connectivity index (χ3v) is 2.73. The summed E-state index contributed by atoms with van der Waals surface area (Å²) < 4.78 is 5.24. The third kappa shape index (κ3) is 3.65. The van der Waals surface area contributed by atoms with Gasteiger partial charge in [0.05, 0.1) is 0 Å². The zero-order chi connectivity index (χ0) is 14.5. The number of benzene rings is 2. The first kappa shape index (κ1) is 13.7. The molecule has 5 heteroatoms. The van der Waals surface area contributed by atoms with Crippen molar-refractivity contribution in [1.82, 2.24) is 0 Å². The molecule has 0 atom stereocenters. The number of hydrogen-bond acceptors (Lipinski definition) is 5. The van der Waals surface area contributed by atoms with Crippen LogP contribution in [0.1, 0.15) is 5.56 Å².